The Hall–Kier alpha value is -2.93. The van der Waals surface area contributed by atoms with Crippen molar-refractivity contribution in [2.75, 3.05) is 11.9 Å². The van der Waals surface area contributed by atoms with Crippen molar-refractivity contribution in [3.63, 3.8) is 0 Å². The molecule has 0 spiro atoms. The number of carbonyl (C=O) groups excluding carboxylic acids is 2. The fourth-order valence-corrected chi connectivity index (χ4v) is 4.84. The molecule has 3 heterocycles. The number of hydrogen-bond donors (Lipinski definition) is 1. The fraction of sp³-hybridized carbons (Fsp3) is 0.375. The molecule has 2 aromatic heterocycles. The highest BCUT2D eigenvalue weighted by molar-refractivity contribution is 7.09. The highest BCUT2D eigenvalue weighted by atomic mass is 32.1. The average Bonchev–Trinajstić information content (AvgIpc) is 3.41. The molecule has 1 N–H and O–H groups in total. The first-order valence-electron chi connectivity index (χ1n) is 10.8. The van der Waals surface area contributed by atoms with Gasteiger partial charge in [0, 0.05) is 29.2 Å². The summed E-state index contributed by atoms with van der Waals surface area (Å²) in [6.07, 6.45) is 3.80. The quantitative estimate of drug-likeness (QED) is 0.619. The Kier molecular flexibility index (Phi) is 6.51. The molecule has 4 rings (SSSR count). The first-order chi connectivity index (χ1) is 15.0. The summed E-state index contributed by atoms with van der Waals surface area (Å²) in [6.45, 7) is 4.64. The summed E-state index contributed by atoms with van der Waals surface area (Å²) in [5, 5.41) is 9.52. The number of anilines is 1. The van der Waals surface area contributed by atoms with Crippen LogP contribution in [0.4, 0.5) is 5.69 Å². The molecule has 1 aliphatic rings. The van der Waals surface area contributed by atoms with E-state index in [2.05, 4.69) is 10.4 Å². The maximum Gasteiger partial charge on any atom is 0.247 e. The lowest BCUT2D eigenvalue weighted by molar-refractivity contribution is -0.140. The number of aromatic nitrogens is 2. The Morgan fingerprint density at radius 1 is 1.16 bits per heavy atom. The molecule has 0 saturated carbocycles. The minimum Gasteiger partial charge on any atom is -0.331 e. The van der Waals surface area contributed by atoms with Gasteiger partial charge in [-0.1, -0.05) is 6.07 Å². The number of hydrogen-bond acceptors (Lipinski definition) is 4. The maximum atomic E-state index is 13.0. The number of rotatable bonds is 6. The van der Waals surface area contributed by atoms with Gasteiger partial charge in [0.15, 0.2) is 0 Å². The lowest BCUT2D eigenvalue weighted by atomic mass is 10.0. The number of aryl methyl sites for hydroxylation is 3. The van der Waals surface area contributed by atoms with Crippen LogP contribution < -0.4 is 5.32 Å². The van der Waals surface area contributed by atoms with E-state index in [4.69, 9.17) is 0 Å². The van der Waals surface area contributed by atoms with Crippen molar-refractivity contribution in [1.82, 2.24) is 14.7 Å². The van der Waals surface area contributed by atoms with Gasteiger partial charge in [0.05, 0.1) is 11.4 Å². The van der Waals surface area contributed by atoms with Gasteiger partial charge in [0.1, 0.15) is 6.04 Å². The molecule has 31 heavy (non-hydrogen) atoms. The van der Waals surface area contributed by atoms with Crippen LogP contribution >= 0.6 is 11.3 Å². The van der Waals surface area contributed by atoms with Crippen molar-refractivity contribution < 1.29 is 9.59 Å². The van der Waals surface area contributed by atoms with Crippen molar-refractivity contribution in [2.45, 2.75) is 52.0 Å². The van der Waals surface area contributed by atoms with Crippen molar-refractivity contribution in [2.24, 2.45) is 0 Å². The summed E-state index contributed by atoms with van der Waals surface area (Å²) < 4.78 is 1.88. The molecule has 0 radical (unpaired) electrons. The van der Waals surface area contributed by atoms with E-state index in [-0.39, 0.29) is 11.8 Å². The zero-order valence-electron chi connectivity index (χ0n) is 18.0. The van der Waals surface area contributed by atoms with Crippen molar-refractivity contribution in [3.05, 3.63) is 64.1 Å². The molecule has 1 saturated heterocycles. The number of thiophene rings is 1. The molecular formula is C24H28N4O2S. The number of nitrogens with zero attached hydrogens (tertiary/aromatic N) is 3. The zero-order valence-corrected chi connectivity index (χ0v) is 18.8. The summed E-state index contributed by atoms with van der Waals surface area (Å²) in [4.78, 5) is 28.8. The lowest BCUT2D eigenvalue weighted by Crippen LogP contribution is -2.50. The fourth-order valence-electron chi connectivity index (χ4n) is 4.13. The molecule has 0 unspecified atom stereocenters. The van der Waals surface area contributed by atoms with Crippen molar-refractivity contribution in [3.8, 4) is 5.69 Å². The number of nitrogens with one attached hydrogen (secondary N) is 1. The van der Waals surface area contributed by atoms with Crippen LogP contribution in [0.3, 0.4) is 0 Å². The molecule has 1 fully saturated rings. The molecule has 0 bridgehead atoms. The second-order valence-electron chi connectivity index (χ2n) is 8.05. The second-order valence-corrected chi connectivity index (χ2v) is 9.09. The molecule has 1 atom stereocenters. The molecule has 1 aromatic carbocycles. The molecular weight excluding hydrogens is 408 g/mol. The number of likely N-dealkylation sites (tertiary alicyclic amines) is 1. The van der Waals surface area contributed by atoms with Crippen molar-refractivity contribution >= 4 is 28.8 Å². The van der Waals surface area contributed by atoms with Gasteiger partial charge in [-0.25, -0.2) is 4.68 Å². The van der Waals surface area contributed by atoms with Gasteiger partial charge < -0.3 is 10.2 Å². The smallest absolute Gasteiger partial charge is 0.247 e. The molecule has 6 nitrogen and oxygen atoms in total. The molecule has 2 amide bonds. The molecule has 7 heteroatoms. The van der Waals surface area contributed by atoms with E-state index in [0.717, 1.165) is 42.0 Å². The Morgan fingerprint density at radius 3 is 2.65 bits per heavy atom. The highest BCUT2D eigenvalue weighted by Crippen LogP contribution is 2.22. The third kappa shape index (κ3) is 5.05. The summed E-state index contributed by atoms with van der Waals surface area (Å²) in [5.41, 5.74) is 3.71. The van der Waals surface area contributed by atoms with Gasteiger partial charge in [0.2, 0.25) is 11.8 Å². The average molecular weight is 437 g/mol. The molecule has 3 aromatic rings. The van der Waals surface area contributed by atoms with E-state index in [1.165, 1.54) is 4.88 Å². The second kappa shape index (κ2) is 9.47. The van der Waals surface area contributed by atoms with E-state index >= 15 is 0 Å². The molecule has 0 aliphatic carbocycles. The molecule has 162 valence electrons. The summed E-state index contributed by atoms with van der Waals surface area (Å²) in [5.74, 6) is -0.0452. The standard InChI is InChI=1S/C24H28N4O2S/c1-17-16-18(2)28(26-17)20-10-8-19(9-11-20)25-24(30)22-7-3-4-14-27(22)23(29)13-12-21-6-5-15-31-21/h5-6,8-11,15-16,22H,3-4,7,12-14H2,1-2H3,(H,25,30)/t22-/m1/s1. The largest absolute Gasteiger partial charge is 0.331 e. The third-order valence-electron chi connectivity index (χ3n) is 5.68. The first-order valence-corrected chi connectivity index (χ1v) is 11.7. The summed E-state index contributed by atoms with van der Waals surface area (Å²) in [7, 11) is 0. The summed E-state index contributed by atoms with van der Waals surface area (Å²) in [6, 6.07) is 13.3. The van der Waals surface area contributed by atoms with Crippen LogP contribution in [0, 0.1) is 13.8 Å². The normalized spacial score (nSPS) is 16.3. The molecule has 1 aliphatic heterocycles. The Balaban J connectivity index is 1.40. The van der Waals surface area contributed by atoms with Crippen LogP contribution in [0.25, 0.3) is 5.69 Å². The summed E-state index contributed by atoms with van der Waals surface area (Å²) >= 11 is 1.67. The SMILES string of the molecule is Cc1cc(C)n(-c2ccc(NC(=O)[C@H]3CCCCN3C(=O)CCc3cccs3)cc2)n1. The zero-order chi connectivity index (χ0) is 21.8. The number of benzene rings is 1. The lowest BCUT2D eigenvalue weighted by Gasteiger charge is -2.34. The van der Waals surface area contributed by atoms with Gasteiger partial charge in [-0.05, 0) is 81.3 Å². The van der Waals surface area contributed by atoms with Gasteiger partial charge in [0.25, 0.3) is 0 Å². The van der Waals surface area contributed by atoms with E-state index < -0.39 is 6.04 Å². The van der Waals surface area contributed by atoms with Gasteiger partial charge in [-0.3, -0.25) is 9.59 Å². The van der Waals surface area contributed by atoms with Crippen LogP contribution in [-0.4, -0.2) is 39.1 Å². The monoisotopic (exact) mass is 436 g/mol. The minimum atomic E-state index is -0.403. The van der Waals surface area contributed by atoms with E-state index in [0.29, 0.717) is 19.4 Å². The predicted molar refractivity (Wildman–Crippen MR) is 124 cm³/mol. The highest BCUT2D eigenvalue weighted by Gasteiger charge is 2.31. The van der Waals surface area contributed by atoms with Gasteiger partial charge in [-0.15, -0.1) is 11.3 Å². The number of piperidine rings is 1. The van der Waals surface area contributed by atoms with Crippen LogP contribution in [0.5, 0.6) is 0 Å². The van der Waals surface area contributed by atoms with E-state index in [9.17, 15) is 9.59 Å². The maximum absolute atomic E-state index is 13.0. The third-order valence-corrected chi connectivity index (χ3v) is 6.62. The van der Waals surface area contributed by atoms with E-state index in [1.807, 2.05) is 66.4 Å². The van der Waals surface area contributed by atoms with Crippen LogP contribution in [0.1, 0.15) is 41.9 Å². The minimum absolute atomic E-state index is 0.0631. The van der Waals surface area contributed by atoms with Crippen LogP contribution in [0.15, 0.2) is 47.8 Å². The van der Waals surface area contributed by atoms with Crippen molar-refractivity contribution in [1.29, 1.82) is 0 Å². The first kappa shape index (κ1) is 21.3. The van der Waals surface area contributed by atoms with Gasteiger partial charge in [-0.2, -0.15) is 5.10 Å². The number of amides is 2. The predicted octanol–water partition coefficient (Wildman–Crippen LogP) is 4.50. The Morgan fingerprint density at radius 2 is 1.97 bits per heavy atom. The van der Waals surface area contributed by atoms with Crippen LogP contribution in [-0.2, 0) is 16.0 Å². The number of carbonyl (C=O) groups is 2. The van der Waals surface area contributed by atoms with E-state index in [1.54, 1.807) is 16.2 Å². The topological polar surface area (TPSA) is 67.2 Å². The Labute approximate surface area is 186 Å². The van der Waals surface area contributed by atoms with Crippen LogP contribution in [0.2, 0.25) is 0 Å². The van der Waals surface area contributed by atoms with Gasteiger partial charge >= 0.3 is 0 Å². The Bertz CT molecular complexity index is 1040.